The highest BCUT2D eigenvalue weighted by atomic mass is 19.4. The number of hydrogen-bond acceptors (Lipinski definition) is 3. The summed E-state index contributed by atoms with van der Waals surface area (Å²) >= 11 is 0. The molecule has 4 rings (SSSR count). The summed E-state index contributed by atoms with van der Waals surface area (Å²) in [5, 5.41) is 9.56. The van der Waals surface area contributed by atoms with Gasteiger partial charge in [0, 0.05) is 13.1 Å². The fraction of sp³-hybridized carbons (Fsp3) is 0.536. The lowest BCUT2D eigenvalue weighted by Gasteiger charge is -2.30. The van der Waals surface area contributed by atoms with Gasteiger partial charge in [-0.1, -0.05) is 19.1 Å². The first kappa shape index (κ1) is 28.3. The average Bonchev–Trinajstić information content (AvgIpc) is 3.66. The van der Waals surface area contributed by atoms with Crippen LogP contribution in [0.15, 0.2) is 36.4 Å². The van der Waals surface area contributed by atoms with Crippen LogP contribution in [0.2, 0.25) is 0 Å². The second-order valence-corrected chi connectivity index (χ2v) is 10.5. The van der Waals surface area contributed by atoms with Crippen molar-refractivity contribution in [1.82, 2.24) is 4.90 Å². The molecule has 3 atom stereocenters. The van der Waals surface area contributed by atoms with Gasteiger partial charge >= 0.3 is 18.3 Å². The quantitative estimate of drug-likeness (QED) is 0.341. The summed E-state index contributed by atoms with van der Waals surface area (Å²) in [4.78, 5) is 13.2. The van der Waals surface area contributed by atoms with Gasteiger partial charge in [0.15, 0.2) is 0 Å². The Labute approximate surface area is 217 Å². The maximum absolute atomic E-state index is 13.4. The molecule has 2 aliphatic rings. The van der Waals surface area contributed by atoms with Crippen LogP contribution in [-0.4, -0.2) is 35.7 Å². The molecular weight excluding hydrogens is 512 g/mol. The molecule has 0 spiro atoms. The van der Waals surface area contributed by atoms with Crippen LogP contribution in [0.4, 0.5) is 26.3 Å². The Hall–Kier alpha value is -2.75. The first-order chi connectivity index (χ1) is 17.7. The van der Waals surface area contributed by atoms with Crippen LogP contribution in [-0.2, 0) is 30.1 Å². The third-order valence-corrected chi connectivity index (χ3v) is 7.57. The van der Waals surface area contributed by atoms with E-state index in [0.717, 1.165) is 30.4 Å². The molecule has 1 fully saturated rings. The summed E-state index contributed by atoms with van der Waals surface area (Å²) in [6.07, 6.45) is -5.77. The number of aryl methyl sites for hydroxylation is 1. The maximum atomic E-state index is 13.4. The lowest BCUT2D eigenvalue weighted by atomic mass is 9.82. The summed E-state index contributed by atoms with van der Waals surface area (Å²) in [6, 6.07) is 7.40. The fourth-order valence-electron chi connectivity index (χ4n) is 5.34. The molecule has 38 heavy (non-hydrogen) atoms. The Bertz CT molecular complexity index is 1160. The van der Waals surface area contributed by atoms with Gasteiger partial charge in [0.2, 0.25) is 0 Å². The molecule has 0 radical (unpaired) electrons. The van der Waals surface area contributed by atoms with Gasteiger partial charge < -0.3 is 14.7 Å². The fourth-order valence-corrected chi connectivity index (χ4v) is 5.34. The minimum absolute atomic E-state index is 0.0943. The number of nitrogens with zero attached hydrogens (tertiary/aromatic N) is 1. The largest absolute Gasteiger partial charge is 0.490 e. The van der Waals surface area contributed by atoms with Crippen molar-refractivity contribution in [3.8, 4) is 5.75 Å². The van der Waals surface area contributed by atoms with Gasteiger partial charge in [-0.2, -0.15) is 26.3 Å². The number of aliphatic carboxylic acids is 1. The Kier molecular flexibility index (Phi) is 8.02. The van der Waals surface area contributed by atoms with E-state index in [0.29, 0.717) is 49.3 Å². The number of carboxylic acids is 1. The molecule has 1 heterocycles. The van der Waals surface area contributed by atoms with E-state index in [9.17, 15) is 36.2 Å². The Morgan fingerprint density at radius 2 is 1.76 bits per heavy atom. The summed E-state index contributed by atoms with van der Waals surface area (Å²) in [5.41, 5.74) is -0.655. The highest BCUT2D eigenvalue weighted by Gasteiger charge is 2.39. The zero-order chi connectivity index (χ0) is 27.8. The van der Waals surface area contributed by atoms with E-state index in [4.69, 9.17) is 4.74 Å². The molecule has 208 valence electrons. The van der Waals surface area contributed by atoms with E-state index in [1.165, 1.54) is 0 Å². The van der Waals surface area contributed by atoms with Gasteiger partial charge in [0.25, 0.3) is 0 Å². The summed E-state index contributed by atoms with van der Waals surface area (Å²) in [6.45, 7) is 1.76. The number of fused-ring (bicyclic) bond motifs is 1. The molecular formula is C28H31F6NO3. The van der Waals surface area contributed by atoms with Crippen molar-refractivity contribution in [2.75, 3.05) is 13.6 Å². The first-order valence-corrected chi connectivity index (χ1v) is 12.7. The van der Waals surface area contributed by atoms with Crippen molar-refractivity contribution < 1.29 is 41.0 Å². The maximum Gasteiger partial charge on any atom is 0.416 e. The van der Waals surface area contributed by atoms with Crippen molar-refractivity contribution in [2.24, 2.45) is 11.8 Å². The van der Waals surface area contributed by atoms with E-state index < -0.39 is 40.9 Å². The van der Waals surface area contributed by atoms with Crippen molar-refractivity contribution in [3.05, 3.63) is 64.2 Å². The normalized spacial score (nSPS) is 19.6. The molecule has 4 nitrogen and oxygen atoms in total. The molecule has 10 heteroatoms. The van der Waals surface area contributed by atoms with E-state index >= 15 is 0 Å². The summed E-state index contributed by atoms with van der Waals surface area (Å²) in [5.74, 6) is -0.420. The molecule has 0 saturated heterocycles. The van der Waals surface area contributed by atoms with Crippen LogP contribution in [0, 0.1) is 11.8 Å². The molecule has 0 aromatic heterocycles. The number of halogens is 6. The number of hydrogen-bond donors (Lipinski definition) is 1. The minimum atomic E-state index is -4.76. The van der Waals surface area contributed by atoms with E-state index in [1.54, 1.807) is 18.9 Å². The smallest absolute Gasteiger partial charge is 0.416 e. The third-order valence-electron chi connectivity index (χ3n) is 7.57. The molecule has 1 saturated carbocycles. The van der Waals surface area contributed by atoms with Crippen molar-refractivity contribution >= 4 is 5.97 Å². The number of alkyl halides is 6. The van der Waals surface area contributed by atoms with Crippen LogP contribution in [0.3, 0.4) is 0 Å². The van der Waals surface area contributed by atoms with Gasteiger partial charge in [-0.05, 0) is 91.9 Å². The number of rotatable bonds is 9. The second kappa shape index (κ2) is 10.8. The third kappa shape index (κ3) is 6.62. The molecule has 0 bridgehead atoms. The molecule has 0 amide bonds. The number of carbonyl (C=O) groups is 1. The minimum Gasteiger partial charge on any atom is -0.490 e. The Balaban J connectivity index is 1.42. The Morgan fingerprint density at radius 1 is 1.05 bits per heavy atom. The number of carboxylic acid groups (broad SMARTS) is 1. The van der Waals surface area contributed by atoms with E-state index in [1.807, 2.05) is 18.2 Å². The number of benzene rings is 2. The second-order valence-electron chi connectivity index (χ2n) is 10.5. The van der Waals surface area contributed by atoms with Gasteiger partial charge in [0.05, 0.1) is 17.0 Å². The van der Waals surface area contributed by atoms with Gasteiger partial charge in [-0.15, -0.1) is 0 Å². The topological polar surface area (TPSA) is 49.8 Å². The van der Waals surface area contributed by atoms with Crippen LogP contribution in [0.25, 0.3) is 0 Å². The average molecular weight is 544 g/mol. The predicted octanol–water partition coefficient (Wildman–Crippen LogP) is 7.15. The Morgan fingerprint density at radius 3 is 2.37 bits per heavy atom. The SMILES string of the molecule is C[C@H](C(=O)O)[C@H](c1ccc2c(c1)OC(CCN(C)Cc1cc(C(F)(F)F)ccc1C(F)(F)F)CC2)C1CC1. The van der Waals surface area contributed by atoms with Crippen LogP contribution in [0.1, 0.15) is 66.3 Å². The first-order valence-electron chi connectivity index (χ1n) is 12.7. The van der Waals surface area contributed by atoms with Gasteiger partial charge in [-0.25, -0.2) is 0 Å². The van der Waals surface area contributed by atoms with E-state index in [2.05, 4.69) is 0 Å². The van der Waals surface area contributed by atoms with Crippen molar-refractivity contribution in [2.45, 2.75) is 69.9 Å². The molecule has 1 aliphatic carbocycles. The number of ether oxygens (including phenoxy) is 1. The molecule has 1 aliphatic heterocycles. The molecule has 2 aromatic rings. The zero-order valence-electron chi connectivity index (χ0n) is 21.2. The van der Waals surface area contributed by atoms with Crippen LogP contribution < -0.4 is 4.74 Å². The van der Waals surface area contributed by atoms with Gasteiger partial charge in [-0.3, -0.25) is 4.79 Å². The highest BCUT2D eigenvalue weighted by molar-refractivity contribution is 5.71. The standard InChI is InChI=1S/C28H31F6NO3/c1-16(26(36)37)25(18-4-5-18)19-6-3-17-7-9-22(38-24(17)14-19)11-12-35(2)15-20-13-21(27(29,30)31)8-10-23(20)28(32,33)34/h3,6,8,10,13-14,16,18,22,25H,4-5,7,9,11-12,15H2,1-2H3,(H,36,37)/t16-,22?,25-/m0/s1. The van der Waals surface area contributed by atoms with E-state index in [-0.39, 0.29) is 18.6 Å². The monoisotopic (exact) mass is 543 g/mol. The zero-order valence-corrected chi connectivity index (χ0v) is 21.2. The molecule has 1 N–H and O–H groups in total. The molecule has 2 aromatic carbocycles. The summed E-state index contributed by atoms with van der Waals surface area (Å²) in [7, 11) is 1.57. The van der Waals surface area contributed by atoms with Crippen molar-refractivity contribution in [3.63, 3.8) is 0 Å². The van der Waals surface area contributed by atoms with Crippen LogP contribution >= 0.6 is 0 Å². The lowest BCUT2D eigenvalue weighted by molar-refractivity contribution is -0.142. The van der Waals surface area contributed by atoms with Crippen LogP contribution in [0.5, 0.6) is 5.75 Å². The van der Waals surface area contributed by atoms with Gasteiger partial charge in [0.1, 0.15) is 11.9 Å². The van der Waals surface area contributed by atoms with Crippen molar-refractivity contribution in [1.29, 1.82) is 0 Å². The highest BCUT2D eigenvalue weighted by Crippen LogP contribution is 2.48. The lowest BCUT2D eigenvalue weighted by Crippen LogP contribution is -2.29. The predicted molar refractivity (Wildman–Crippen MR) is 129 cm³/mol. The summed E-state index contributed by atoms with van der Waals surface area (Å²) < 4.78 is 85.8. The molecule has 1 unspecified atom stereocenters.